The molecule has 0 aliphatic heterocycles. The molecule has 2 aromatic rings. The Bertz CT molecular complexity index is 531. The Morgan fingerprint density at radius 1 is 1.15 bits per heavy atom. The van der Waals surface area contributed by atoms with Gasteiger partial charge in [0.1, 0.15) is 5.82 Å². The molecule has 0 saturated heterocycles. The lowest BCUT2D eigenvalue weighted by Gasteiger charge is -2.07. The van der Waals surface area contributed by atoms with Crippen molar-refractivity contribution in [3.05, 3.63) is 58.7 Å². The molecule has 0 amide bonds. The van der Waals surface area contributed by atoms with Crippen LogP contribution in [-0.4, -0.2) is 18.6 Å². The number of nitrogens with zero attached hydrogens (tertiary/aromatic N) is 1. The van der Waals surface area contributed by atoms with Crippen molar-refractivity contribution in [2.45, 2.75) is 19.4 Å². The molecular weight excluding hydrogens is 272 g/mol. The summed E-state index contributed by atoms with van der Waals surface area (Å²) in [6, 6.07) is 14.1. The predicted molar refractivity (Wildman–Crippen MR) is 83.2 cm³/mol. The highest BCUT2D eigenvalue weighted by Crippen LogP contribution is 2.17. The van der Waals surface area contributed by atoms with Crippen molar-refractivity contribution in [1.29, 1.82) is 0 Å². The van der Waals surface area contributed by atoms with Crippen molar-refractivity contribution in [3.8, 4) is 0 Å². The van der Waals surface area contributed by atoms with Crippen LogP contribution in [0.1, 0.15) is 17.7 Å². The summed E-state index contributed by atoms with van der Waals surface area (Å²) in [5.74, 6) is 0.803. The molecule has 0 saturated carbocycles. The van der Waals surface area contributed by atoms with Gasteiger partial charge in [0.25, 0.3) is 0 Å². The van der Waals surface area contributed by atoms with Crippen LogP contribution < -0.4 is 5.32 Å². The smallest absolute Gasteiger partial charge is 0.126 e. The summed E-state index contributed by atoms with van der Waals surface area (Å²) < 4.78 is 5.65. The second kappa shape index (κ2) is 7.88. The lowest BCUT2D eigenvalue weighted by atomic mass is 10.1. The van der Waals surface area contributed by atoms with Gasteiger partial charge in [-0.1, -0.05) is 41.9 Å². The molecule has 1 aromatic heterocycles. The van der Waals surface area contributed by atoms with Gasteiger partial charge in [0.05, 0.1) is 17.3 Å². The fourth-order valence-electron chi connectivity index (χ4n) is 1.92. The first-order chi connectivity index (χ1) is 9.79. The van der Waals surface area contributed by atoms with Gasteiger partial charge in [0.15, 0.2) is 0 Å². The lowest BCUT2D eigenvalue weighted by Crippen LogP contribution is -2.02. The number of benzene rings is 1. The van der Waals surface area contributed by atoms with Gasteiger partial charge in [-0.3, -0.25) is 0 Å². The number of aryl methyl sites for hydroxylation is 1. The maximum Gasteiger partial charge on any atom is 0.126 e. The maximum absolute atomic E-state index is 6.09. The highest BCUT2D eigenvalue weighted by atomic mass is 35.5. The van der Waals surface area contributed by atoms with E-state index in [-0.39, 0.29) is 0 Å². The summed E-state index contributed by atoms with van der Waals surface area (Å²) in [6.07, 6.45) is 2.02. The molecule has 0 bridgehead atoms. The third kappa shape index (κ3) is 4.51. The summed E-state index contributed by atoms with van der Waals surface area (Å²) >= 11 is 6.09. The van der Waals surface area contributed by atoms with E-state index in [1.165, 1.54) is 5.56 Å². The van der Waals surface area contributed by atoms with Gasteiger partial charge in [0, 0.05) is 13.7 Å². The molecule has 0 spiro atoms. The van der Waals surface area contributed by atoms with E-state index in [2.05, 4.69) is 34.6 Å². The van der Waals surface area contributed by atoms with Gasteiger partial charge in [-0.2, -0.15) is 0 Å². The first kappa shape index (κ1) is 14.8. The molecule has 0 atom stereocenters. The second-order valence-corrected chi connectivity index (χ2v) is 4.92. The van der Waals surface area contributed by atoms with Gasteiger partial charge in [-0.05, 0) is 30.5 Å². The molecule has 1 N–H and O–H groups in total. The zero-order valence-electron chi connectivity index (χ0n) is 11.6. The van der Waals surface area contributed by atoms with E-state index in [0.717, 1.165) is 24.4 Å². The Hall–Kier alpha value is -1.58. The number of nitrogens with one attached hydrogen (secondary N) is 1. The Labute approximate surface area is 124 Å². The minimum atomic E-state index is 0.448. The van der Waals surface area contributed by atoms with Crippen molar-refractivity contribution in [2.75, 3.05) is 19.0 Å². The van der Waals surface area contributed by atoms with E-state index in [4.69, 9.17) is 16.3 Å². The predicted octanol–water partition coefficient (Wildman–Crippen LogP) is 3.93. The van der Waals surface area contributed by atoms with E-state index < -0.39 is 0 Å². The number of anilines is 1. The van der Waals surface area contributed by atoms with Gasteiger partial charge < -0.3 is 10.1 Å². The highest BCUT2D eigenvalue weighted by molar-refractivity contribution is 6.31. The summed E-state index contributed by atoms with van der Waals surface area (Å²) in [4.78, 5) is 4.38. The third-order valence-electron chi connectivity index (χ3n) is 3.01. The minimum absolute atomic E-state index is 0.448. The number of ether oxygens (including phenoxy) is 1. The fourth-order valence-corrected chi connectivity index (χ4v) is 2.08. The van der Waals surface area contributed by atoms with Gasteiger partial charge in [0.2, 0.25) is 0 Å². The third-order valence-corrected chi connectivity index (χ3v) is 3.35. The van der Waals surface area contributed by atoms with Crippen molar-refractivity contribution in [1.82, 2.24) is 4.98 Å². The Morgan fingerprint density at radius 3 is 2.70 bits per heavy atom. The van der Waals surface area contributed by atoms with Crippen LogP contribution in [0.25, 0.3) is 0 Å². The van der Waals surface area contributed by atoms with E-state index >= 15 is 0 Å². The van der Waals surface area contributed by atoms with Crippen LogP contribution in [0.2, 0.25) is 5.02 Å². The van der Waals surface area contributed by atoms with Crippen LogP contribution in [0.4, 0.5) is 5.82 Å². The largest absolute Gasteiger partial charge is 0.375 e. The monoisotopic (exact) mass is 290 g/mol. The Balaban J connectivity index is 1.73. The summed E-state index contributed by atoms with van der Waals surface area (Å²) in [7, 11) is 1.83. The van der Waals surface area contributed by atoms with Crippen molar-refractivity contribution in [2.24, 2.45) is 0 Å². The molecule has 0 fully saturated rings. The summed E-state index contributed by atoms with van der Waals surface area (Å²) in [5.41, 5.74) is 2.11. The highest BCUT2D eigenvalue weighted by Gasteiger charge is 2.03. The molecule has 2 rings (SSSR count). The number of hydrogen-bond acceptors (Lipinski definition) is 3. The SMILES string of the molecule is CNc1ccc(Cl)c(COCCCc2ccccc2)n1. The molecule has 106 valence electrons. The first-order valence-corrected chi connectivity index (χ1v) is 7.12. The molecular formula is C16H19ClN2O. The normalized spacial score (nSPS) is 10.5. The molecule has 4 heteroatoms. The quantitative estimate of drug-likeness (QED) is 0.785. The molecule has 0 aliphatic rings. The Kier molecular flexibility index (Phi) is 5.84. The van der Waals surface area contributed by atoms with Crippen molar-refractivity contribution < 1.29 is 4.74 Å². The van der Waals surface area contributed by atoms with Gasteiger partial charge >= 0.3 is 0 Å². The fraction of sp³-hybridized carbons (Fsp3) is 0.312. The Morgan fingerprint density at radius 2 is 1.95 bits per heavy atom. The van der Waals surface area contributed by atoms with E-state index in [0.29, 0.717) is 18.2 Å². The van der Waals surface area contributed by atoms with Crippen molar-refractivity contribution >= 4 is 17.4 Å². The molecule has 0 radical (unpaired) electrons. The van der Waals surface area contributed by atoms with E-state index in [9.17, 15) is 0 Å². The average Bonchev–Trinajstić information content (AvgIpc) is 2.50. The maximum atomic E-state index is 6.09. The number of halogens is 1. The second-order valence-electron chi connectivity index (χ2n) is 4.52. The van der Waals surface area contributed by atoms with Gasteiger partial charge in [-0.15, -0.1) is 0 Å². The first-order valence-electron chi connectivity index (χ1n) is 6.74. The number of rotatable bonds is 7. The summed E-state index contributed by atoms with van der Waals surface area (Å²) in [6.45, 7) is 1.15. The zero-order chi connectivity index (χ0) is 14.2. The standard InChI is InChI=1S/C16H19ClN2O/c1-18-16-10-9-14(17)15(19-16)12-20-11-5-8-13-6-3-2-4-7-13/h2-4,6-7,9-10H,5,8,11-12H2,1H3,(H,18,19). The minimum Gasteiger partial charge on any atom is -0.375 e. The molecule has 0 aliphatic carbocycles. The van der Waals surface area contributed by atoms with Crippen LogP contribution in [0, 0.1) is 0 Å². The molecule has 1 heterocycles. The van der Waals surface area contributed by atoms with Crippen LogP contribution in [0.15, 0.2) is 42.5 Å². The van der Waals surface area contributed by atoms with Crippen molar-refractivity contribution in [3.63, 3.8) is 0 Å². The average molecular weight is 291 g/mol. The molecule has 1 aromatic carbocycles. The molecule has 3 nitrogen and oxygen atoms in total. The van der Waals surface area contributed by atoms with Crippen LogP contribution in [-0.2, 0) is 17.8 Å². The lowest BCUT2D eigenvalue weighted by molar-refractivity contribution is 0.116. The number of pyridine rings is 1. The van der Waals surface area contributed by atoms with Crippen LogP contribution >= 0.6 is 11.6 Å². The molecule has 20 heavy (non-hydrogen) atoms. The number of aromatic nitrogens is 1. The van der Waals surface area contributed by atoms with Crippen LogP contribution in [0.3, 0.4) is 0 Å². The summed E-state index contributed by atoms with van der Waals surface area (Å²) in [5, 5.41) is 3.64. The molecule has 0 unspecified atom stereocenters. The number of hydrogen-bond donors (Lipinski definition) is 1. The van der Waals surface area contributed by atoms with Gasteiger partial charge in [-0.25, -0.2) is 4.98 Å². The van der Waals surface area contributed by atoms with E-state index in [1.807, 2.05) is 25.2 Å². The topological polar surface area (TPSA) is 34.1 Å². The van der Waals surface area contributed by atoms with E-state index in [1.54, 1.807) is 0 Å². The van der Waals surface area contributed by atoms with Crippen LogP contribution in [0.5, 0.6) is 0 Å². The zero-order valence-corrected chi connectivity index (χ0v) is 12.4.